The van der Waals surface area contributed by atoms with Crippen molar-refractivity contribution in [2.24, 2.45) is 0 Å². The van der Waals surface area contributed by atoms with Gasteiger partial charge in [-0.05, 0) is 67.6 Å². The van der Waals surface area contributed by atoms with Gasteiger partial charge in [-0.2, -0.15) is 0 Å². The molecular formula is C21H19ClN4O5S. The molecule has 0 saturated carbocycles. The predicted molar refractivity (Wildman–Crippen MR) is 119 cm³/mol. The molecule has 1 heterocycles. The number of benzene rings is 2. The van der Waals surface area contributed by atoms with Crippen molar-refractivity contribution in [2.75, 3.05) is 11.3 Å². The van der Waals surface area contributed by atoms with Gasteiger partial charge in [0, 0.05) is 23.0 Å². The first-order valence-electron chi connectivity index (χ1n) is 9.36. The van der Waals surface area contributed by atoms with Crippen LogP contribution in [0.4, 0.5) is 5.69 Å². The van der Waals surface area contributed by atoms with Gasteiger partial charge in [0.2, 0.25) is 0 Å². The Hall–Kier alpha value is -3.63. The van der Waals surface area contributed by atoms with Gasteiger partial charge in [-0.25, -0.2) is 13.4 Å². The smallest absolute Gasteiger partial charge is 0.269 e. The number of amides is 2. The van der Waals surface area contributed by atoms with E-state index in [1.165, 1.54) is 54.7 Å². The molecule has 1 aromatic heterocycles. The quantitative estimate of drug-likeness (QED) is 0.357. The van der Waals surface area contributed by atoms with Gasteiger partial charge in [0.05, 0.1) is 11.5 Å². The van der Waals surface area contributed by atoms with Gasteiger partial charge in [-0.1, -0.05) is 11.6 Å². The van der Waals surface area contributed by atoms with Crippen LogP contribution >= 0.6 is 11.6 Å². The summed E-state index contributed by atoms with van der Waals surface area (Å²) in [5.74, 6) is -0.581. The van der Waals surface area contributed by atoms with E-state index in [2.05, 4.69) is 20.6 Å². The normalized spacial score (nSPS) is 10.8. The van der Waals surface area contributed by atoms with Crippen molar-refractivity contribution in [3.63, 3.8) is 0 Å². The van der Waals surface area contributed by atoms with E-state index in [0.29, 0.717) is 12.4 Å². The zero-order valence-corrected chi connectivity index (χ0v) is 18.4. The Morgan fingerprint density at radius 2 is 1.56 bits per heavy atom. The molecule has 3 rings (SSSR count). The second kappa shape index (κ2) is 10.1. The maximum atomic E-state index is 12.5. The fraction of sp³-hybridized carbons (Fsp3) is 0.0952. The highest BCUT2D eigenvalue weighted by molar-refractivity contribution is 7.92. The number of pyridine rings is 1. The summed E-state index contributed by atoms with van der Waals surface area (Å²) in [6.45, 7) is 2.31. The van der Waals surface area contributed by atoms with Gasteiger partial charge < -0.3 is 4.74 Å². The van der Waals surface area contributed by atoms with Crippen molar-refractivity contribution in [2.45, 2.75) is 11.8 Å². The second-order valence-corrected chi connectivity index (χ2v) is 8.43. The monoisotopic (exact) mass is 474 g/mol. The van der Waals surface area contributed by atoms with Crippen molar-refractivity contribution in [3.8, 4) is 5.75 Å². The van der Waals surface area contributed by atoms with E-state index in [1.54, 1.807) is 12.1 Å². The molecule has 0 saturated heterocycles. The summed E-state index contributed by atoms with van der Waals surface area (Å²) >= 11 is 5.73. The SMILES string of the molecule is CCOc1ccc(S(=O)(=O)Nc2ccc(C(=O)NNC(=O)c3ccnc(Cl)c3)cc2)cc1. The van der Waals surface area contributed by atoms with Crippen LogP contribution in [0.5, 0.6) is 5.75 Å². The van der Waals surface area contributed by atoms with Gasteiger partial charge in [0.25, 0.3) is 21.8 Å². The molecule has 3 N–H and O–H groups in total. The molecule has 0 spiro atoms. The number of carbonyl (C=O) groups excluding carboxylic acids is 2. The first-order chi connectivity index (χ1) is 15.3. The number of carbonyl (C=O) groups is 2. The summed E-state index contributed by atoms with van der Waals surface area (Å²) in [5.41, 5.74) is 5.24. The first-order valence-corrected chi connectivity index (χ1v) is 11.2. The molecule has 0 aliphatic carbocycles. The highest BCUT2D eigenvalue weighted by atomic mass is 35.5. The Morgan fingerprint density at radius 1 is 0.938 bits per heavy atom. The molecule has 0 aliphatic rings. The Morgan fingerprint density at radius 3 is 2.16 bits per heavy atom. The lowest BCUT2D eigenvalue weighted by atomic mass is 10.2. The van der Waals surface area contributed by atoms with Crippen molar-refractivity contribution < 1.29 is 22.7 Å². The number of hydrogen-bond donors (Lipinski definition) is 3. The largest absolute Gasteiger partial charge is 0.494 e. The maximum Gasteiger partial charge on any atom is 0.269 e. The highest BCUT2D eigenvalue weighted by Gasteiger charge is 2.15. The summed E-state index contributed by atoms with van der Waals surface area (Å²) in [6, 6.07) is 14.5. The number of ether oxygens (including phenoxy) is 1. The lowest BCUT2D eigenvalue weighted by Gasteiger charge is -2.10. The van der Waals surface area contributed by atoms with Gasteiger partial charge in [0.1, 0.15) is 10.9 Å². The zero-order chi connectivity index (χ0) is 23.1. The lowest BCUT2D eigenvalue weighted by Crippen LogP contribution is -2.41. The number of hydrogen-bond acceptors (Lipinski definition) is 6. The fourth-order valence-electron chi connectivity index (χ4n) is 2.59. The molecule has 2 aromatic carbocycles. The topological polar surface area (TPSA) is 126 Å². The number of nitrogens with zero attached hydrogens (tertiary/aromatic N) is 1. The van der Waals surface area contributed by atoms with Gasteiger partial charge >= 0.3 is 0 Å². The third-order valence-corrected chi connectivity index (χ3v) is 5.73. The molecule has 32 heavy (non-hydrogen) atoms. The van der Waals surface area contributed by atoms with E-state index in [1.807, 2.05) is 6.92 Å². The number of hydrazine groups is 1. The average molecular weight is 475 g/mol. The van der Waals surface area contributed by atoms with Crippen molar-refractivity contribution in [3.05, 3.63) is 83.1 Å². The Kier molecular flexibility index (Phi) is 7.29. The van der Waals surface area contributed by atoms with Crippen LogP contribution in [0, 0.1) is 0 Å². The second-order valence-electron chi connectivity index (χ2n) is 6.36. The number of nitrogens with one attached hydrogen (secondary N) is 3. The van der Waals surface area contributed by atoms with Gasteiger partial charge in [-0.15, -0.1) is 0 Å². The van der Waals surface area contributed by atoms with Crippen molar-refractivity contribution in [1.29, 1.82) is 0 Å². The molecule has 0 atom stereocenters. The Bertz CT molecular complexity index is 1220. The van der Waals surface area contributed by atoms with Crippen LogP contribution < -0.4 is 20.3 Å². The molecule has 166 valence electrons. The van der Waals surface area contributed by atoms with E-state index < -0.39 is 21.8 Å². The Labute approximate surface area is 189 Å². The fourth-order valence-corrected chi connectivity index (χ4v) is 3.82. The van der Waals surface area contributed by atoms with E-state index in [0.717, 1.165) is 0 Å². The number of aromatic nitrogens is 1. The zero-order valence-electron chi connectivity index (χ0n) is 16.8. The standard InChI is InChI=1S/C21H19ClN4O5S/c1-2-31-17-7-9-18(10-8-17)32(29,30)26-16-5-3-14(4-6-16)20(27)24-25-21(28)15-11-12-23-19(22)13-15/h3-13,26H,2H2,1H3,(H,24,27)(H,25,28). The van der Waals surface area contributed by atoms with Crippen LogP contribution in [0.3, 0.4) is 0 Å². The summed E-state index contributed by atoms with van der Waals surface area (Å²) in [4.78, 5) is 28.1. The third-order valence-electron chi connectivity index (χ3n) is 4.12. The minimum atomic E-state index is -3.81. The molecular weight excluding hydrogens is 456 g/mol. The first kappa shape index (κ1) is 23.0. The molecule has 0 unspecified atom stereocenters. The van der Waals surface area contributed by atoms with Crippen LogP contribution in [0.2, 0.25) is 5.15 Å². The molecule has 2 amide bonds. The summed E-state index contributed by atoms with van der Waals surface area (Å²) in [7, 11) is -3.81. The number of halogens is 1. The number of rotatable bonds is 7. The highest BCUT2D eigenvalue weighted by Crippen LogP contribution is 2.19. The van der Waals surface area contributed by atoms with Gasteiger partial charge in [-0.3, -0.25) is 25.2 Å². The van der Waals surface area contributed by atoms with Crippen LogP contribution in [0.15, 0.2) is 71.8 Å². The number of sulfonamides is 1. The van der Waals surface area contributed by atoms with Crippen LogP contribution in [-0.4, -0.2) is 31.8 Å². The maximum absolute atomic E-state index is 12.5. The lowest BCUT2D eigenvalue weighted by molar-refractivity contribution is 0.0846. The minimum absolute atomic E-state index is 0.0710. The number of anilines is 1. The summed E-state index contributed by atoms with van der Waals surface area (Å²) in [6.07, 6.45) is 1.37. The minimum Gasteiger partial charge on any atom is -0.494 e. The molecule has 0 aliphatic heterocycles. The van der Waals surface area contributed by atoms with E-state index in [-0.39, 0.29) is 26.9 Å². The molecule has 0 fully saturated rings. The predicted octanol–water partition coefficient (Wildman–Crippen LogP) is 3.01. The van der Waals surface area contributed by atoms with E-state index >= 15 is 0 Å². The molecule has 0 radical (unpaired) electrons. The molecule has 9 nitrogen and oxygen atoms in total. The van der Waals surface area contributed by atoms with Crippen molar-refractivity contribution >= 4 is 39.1 Å². The Balaban J connectivity index is 1.60. The van der Waals surface area contributed by atoms with Crippen LogP contribution in [0.1, 0.15) is 27.6 Å². The molecule has 0 bridgehead atoms. The van der Waals surface area contributed by atoms with E-state index in [9.17, 15) is 18.0 Å². The average Bonchev–Trinajstić information content (AvgIpc) is 2.78. The van der Waals surface area contributed by atoms with Crippen LogP contribution in [0.25, 0.3) is 0 Å². The van der Waals surface area contributed by atoms with Crippen LogP contribution in [-0.2, 0) is 10.0 Å². The van der Waals surface area contributed by atoms with Gasteiger partial charge in [0.15, 0.2) is 0 Å². The summed E-state index contributed by atoms with van der Waals surface area (Å²) < 4.78 is 32.8. The molecule has 3 aromatic rings. The van der Waals surface area contributed by atoms with E-state index in [4.69, 9.17) is 16.3 Å². The molecule has 11 heteroatoms. The van der Waals surface area contributed by atoms with Crippen molar-refractivity contribution in [1.82, 2.24) is 15.8 Å². The third kappa shape index (κ3) is 5.96. The summed E-state index contributed by atoms with van der Waals surface area (Å²) in [5, 5.41) is 0.146.